The Labute approximate surface area is 177 Å². The van der Waals surface area contributed by atoms with Crippen LogP contribution in [0.25, 0.3) is 21.7 Å². The molecule has 0 fully saturated rings. The first-order chi connectivity index (χ1) is 14.6. The molecule has 0 unspecified atom stereocenters. The van der Waals surface area contributed by atoms with E-state index < -0.39 is 0 Å². The highest BCUT2D eigenvalue weighted by Gasteiger charge is 2.11. The number of hydrogen-bond acceptors (Lipinski definition) is 5. The van der Waals surface area contributed by atoms with E-state index >= 15 is 0 Å². The van der Waals surface area contributed by atoms with E-state index in [9.17, 15) is 9.18 Å². The molecule has 7 heteroatoms. The van der Waals surface area contributed by atoms with Crippen molar-refractivity contribution in [2.75, 3.05) is 12.4 Å². The van der Waals surface area contributed by atoms with Gasteiger partial charge in [-0.05, 0) is 41.0 Å². The highest BCUT2D eigenvalue weighted by atomic mass is 32.1. The third-order valence-corrected chi connectivity index (χ3v) is 5.37. The molecule has 0 saturated heterocycles. The summed E-state index contributed by atoms with van der Waals surface area (Å²) in [5.41, 5.74) is 3.48. The van der Waals surface area contributed by atoms with E-state index in [4.69, 9.17) is 4.74 Å². The molecule has 4 aromatic rings. The smallest absolute Gasteiger partial charge is 0.230 e. The SMILES string of the molecule is COc1ccc(CC(=O)Nc2nnc(-c3ccc(-c4cccc(F)c4)cc3)s2)cc1. The molecule has 1 heterocycles. The van der Waals surface area contributed by atoms with E-state index in [1.807, 2.05) is 54.6 Å². The van der Waals surface area contributed by atoms with Crippen molar-refractivity contribution < 1.29 is 13.9 Å². The van der Waals surface area contributed by atoms with Crippen LogP contribution in [0.15, 0.2) is 72.8 Å². The number of amides is 1. The van der Waals surface area contributed by atoms with E-state index in [-0.39, 0.29) is 18.1 Å². The van der Waals surface area contributed by atoms with Crippen molar-refractivity contribution in [3.8, 4) is 27.4 Å². The van der Waals surface area contributed by atoms with Gasteiger partial charge in [-0.3, -0.25) is 4.79 Å². The van der Waals surface area contributed by atoms with Gasteiger partial charge in [0.1, 0.15) is 16.6 Å². The first kappa shape index (κ1) is 19.7. The maximum Gasteiger partial charge on any atom is 0.230 e. The van der Waals surface area contributed by atoms with Crippen molar-refractivity contribution in [3.63, 3.8) is 0 Å². The zero-order valence-corrected chi connectivity index (χ0v) is 16.9. The molecule has 0 radical (unpaired) electrons. The number of nitrogens with one attached hydrogen (secondary N) is 1. The van der Waals surface area contributed by atoms with Crippen LogP contribution in [-0.4, -0.2) is 23.2 Å². The number of halogens is 1. The Morgan fingerprint density at radius 1 is 0.967 bits per heavy atom. The van der Waals surface area contributed by atoms with Gasteiger partial charge in [-0.2, -0.15) is 0 Å². The van der Waals surface area contributed by atoms with Crippen LogP contribution in [-0.2, 0) is 11.2 Å². The highest BCUT2D eigenvalue weighted by Crippen LogP contribution is 2.29. The Morgan fingerprint density at radius 3 is 2.40 bits per heavy atom. The number of carbonyl (C=O) groups is 1. The number of methoxy groups -OCH3 is 1. The van der Waals surface area contributed by atoms with Crippen molar-refractivity contribution in [1.29, 1.82) is 0 Å². The lowest BCUT2D eigenvalue weighted by molar-refractivity contribution is -0.115. The van der Waals surface area contributed by atoms with E-state index in [0.29, 0.717) is 10.1 Å². The molecule has 0 aliphatic rings. The van der Waals surface area contributed by atoms with Gasteiger partial charge in [0, 0.05) is 5.56 Å². The van der Waals surface area contributed by atoms with Crippen molar-refractivity contribution in [2.24, 2.45) is 0 Å². The van der Waals surface area contributed by atoms with Crippen LogP contribution >= 0.6 is 11.3 Å². The van der Waals surface area contributed by atoms with Gasteiger partial charge < -0.3 is 10.1 Å². The zero-order valence-electron chi connectivity index (χ0n) is 16.1. The minimum absolute atomic E-state index is 0.163. The molecule has 1 aromatic heterocycles. The maximum atomic E-state index is 13.4. The summed E-state index contributed by atoms with van der Waals surface area (Å²) < 4.78 is 18.5. The van der Waals surface area contributed by atoms with E-state index in [0.717, 1.165) is 28.0 Å². The second-order valence-corrected chi connectivity index (χ2v) is 7.55. The predicted octanol–water partition coefficient (Wildman–Crippen LogP) is 5.20. The minimum Gasteiger partial charge on any atom is -0.497 e. The molecule has 0 aliphatic carbocycles. The molecule has 0 saturated carbocycles. The summed E-state index contributed by atoms with van der Waals surface area (Å²) >= 11 is 1.30. The number of ether oxygens (including phenoxy) is 1. The Morgan fingerprint density at radius 2 is 1.70 bits per heavy atom. The monoisotopic (exact) mass is 419 g/mol. The van der Waals surface area contributed by atoms with E-state index in [1.165, 1.54) is 23.5 Å². The second-order valence-electron chi connectivity index (χ2n) is 6.57. The molecule has 5 nitrogen and oxygen atoms in total. The standard InChI is InChI=1S/C23H18FN3O2S/c1-29-20-11-5-15(6-12-20)13-21(28)25-23-27-26-22(30-23)17-9-7-16(8-10-17)18-3-2-4-19(24)14-18/h2-12,14H,13H2,1H3,(H,25,27,28). The maximum absolute atomic E-state index is 13.4. The molecule has 3 aromatic carbocycles. The average Bonchev–Trinajstić information content (AvgIpc) is 3.22. The topological polar surface area (TPSA) is 64.1 Å². The number of benzene rings is 3. The number of hydrogen-bond donors (Lipinski definition) is 1. The van der Waals surface area contributed by atoms with Crippen LogP contribution < -0.4 is 10.1 Å². The van der Waals surface area contributed by atoms with Crippen molar-refractivity contribution in [1.82, 2.24) is 10.2 Å². The summed E-state index contributed by atoms with van der Waals surface area (Å²) in [5, 5.41) is 12.1. The van der Waals surface area contributed by atoms with Gasteiger partial charge in [0.2, 0.25) is 11.0 Å². The zero-order chi connectivity index (χ0) is 20.9. The highest BCUT2D eigenvalue weighted by molar-refractivity contribution is 7.18. The molecule has 4 rings (SSSR count). The Hall–Kier alpha value is -3.58. The van der Waals surface area contributed by atoms with Crippen LogP contribution in [0.3, 0.4) is 0 Å². The number of anilines is 1. The summed E-state index contributed by atoms with van der Waals surface area (Å²) in [6.07, 6.45) is 0.237. The lowest BCUT2D eigenvalue weighted by Crippen LogP contribution is -2.14. The first-order valence-electron chi connectivity index (χ1n) is 9.23. The van der Waals surface area contributed by atoms with Crippen LogP contribution in [0.1, 0.15) is 5.56 Å². The number of nitrogens with zero attached hydrogens (tertiary/aromatic N) is 2. The number of aromatic nitrogens is 2. The fourth-order valence-electron chi connectivity index (χ4n) is 2.96. The molecule has 0 aliphatic heterocycles. The number of carbonyl (C=O) groups excluding carboxylic acids is 1. The van der Waals surface area contributed by atoms with Crippen LogP contribution in [0.2, 0.25) is 0 Å². The molecule has 0 spiro atoms. The van der Waals surface area contributed by atoms with Gasteiger partial charge in [0.05, 0.1) is 13.5 Å². The fraction of sp³-hybridized carbons (Fsp3) is 0.0870. The fourth-order valence-corrected chi connectivity index (χ4v) is 3.72. The minimum atomic E-state index is -0.268. The lowest BCUT2D eigenvalue weighted by atomic mass is 10.0. The lowest BCUT2D eigenvalue weighted by Gasteiger charge is -2.03. The third kappa shape index (κ3) is 4.69. The number of rotatable bonds is 6. The van der Waals surface area contributed by atoms with Crippen molar-refractivity contribution in [2.45, 2.75) is 6.42 Å². The van der Waals surface area contributed by atoms with E-state index in [2.05, 4.69) is 15.5 Å². The molecule has 1 amide bonds. The van der Waals surface area contributed by atoms with Gasteiger partial charge in [0.15, 0.2) is 0 Å². The van der Waals surface area contributed by atoms with Crippen LogP contribution in [0, 0.1) is 5.82 Å². The summed E-state index contributed by atoms with van der Waals surface area (Å²) in [6, 6.07) is 21.4. The van der Waals surface area contributed by atoms with Gasteiger partial charge in [0.25, 0.3) is 0 Å². The normalized spacial score (nSPS) is 10.6. The quantitative estimate of drug-likeness (QED) is 0.467. The summed E-state index contributed by atoms with van der Waals surface area (Å²) in [7, 11) is 1.60. The van der Waals surface area contributed by atoms with Crippen LogP contribution in [0.5, 0.6) is 5.75 Å². The Kier molecular flexibility index (Phi) is 5.81. The Bertz CT molecular complexity index is 1160. The first-order valence-corrected chi connectivity index (χ1v) is 10.0. The average molecular weight is 419 g/mol. The summed E-state index contributed by atoms with van der Waals surface area (Å²) in [5.74, 6) is 0.316. The molecular weight excluding hydrogens is 401 g/mol. The molecular formula is C23H18FN3O2S. The van der Waals surface area contributed by atoms with Crippen molar-refractivity contribution >= 4 is 22.4 Å². The molecule has 1 N–H and O–H groups in total. The molecule has 30 heavy (non-hydrogen) atoms. The second kappa shape index (κ2) is 8.84. The third-order valence-electron chi connectivity index (χ3n) is 4.48. The Balaban J connectivity index is 1.41. The van der Waals surface area contributed by atoms with Gasteiger partial charge in [-0.25, -0.2) is 4.39 Å². The molecule has 0 bridgehead atoms. The summed E-state index contributed by atoms with van der Waals surface area (Å²) in [6.45, 7) is 0. The predicted molar refractivity (Wildman–Crippen MR) is 116 cm³/mol. The van der Waals surface area contributed by atoms with Gasteiger partial charge >= 0.3 is 0 Å². The largest absolute Gasteiger partial charge is 0.497 e. The van der Waals surface area contributed by atoms with Gasteiger partial charge in [-0.1, -0.05) is 59.9 Å². The molecule has 0 atom stereocenters. The van der Waals surface area contributed by atoms with E-state index in [1.54, 1.807) is 13.2 Å². The molecule has 150 valence electrons. The van der Waals surface area contributed by atoms with Gasteiger partial charge in [-0.15, -0.1) is 10.2 Å². The van der Waals surface area contributed by atoms with Crippen LogP contribution in [0.4, 0.5) is 9.52 Å². The van der Waals surface area contributed by atoms with Crippen molar-refractivity contribution in [3.05, 3.63) is 84.2 Å². The summed E-state index contributed by atoms with van der Waals surface area (Å²) in [4.78, 5) is 12.3.